The number of anilines is 2. The van der Waals surface area contributed by atoms with Crippen molar-refractivity contribution in [2.45, 2.75) is 6.04 Å². The molecule has 19 heavy (non-hydrogen) atoms. The maximum Gasteiger partial charge on any atom is 0.150 e. The molecule has 0 aliphatic heterocycles. The number of aliphatic hydroxyl groups excluding tert-OH is 1. The number of hydrogen-bond acceptors (Lipinski definition) is 5. The zero-order valence-corrected chi connectivity index (χ0v) is 10.6. The summed E-state index contributed by atoms with van der Waals surface area (Å²) in [6.07, 6.45) is 1.57. The molecule has 0 bridgehead atoms. The molecule has 1 aromatic heterocycles. The van der Waals surface area contributed by atoms with Gasteiger partial charge in [0.1, 0.15) is 0 Å². The Hall–Kier alpha value is -1.92. The third-order valence-corrected chi connectivity index (χ3v) is 2.81. The lowest BCUT2D eigenvalue weighted by Crippen LogP contribution is -2.29. The van der Waals surface area contributed by atoms with Gasteiger partial charge in [-0.2, -0.15) is 0 Å². The number of nitrogens with zero attached hydrogens (tertiary/aromatic N) is 1. The van der Waals surface area contributed by atoms with Crippen molar-refractivity contribution in [3.63, 3.8) is 0 Å². The van der Waals surface area contributed by atoms with Crippen molar-refractivity contribution in [3.8, 4) is 0 Å². The lowest BCUT2D eigenvalue weighted by molar-refractivity contribution is 0.153. The minimum atomic E-state index is -0.502. The van der Waals surface area contributed by atoms with Gasteiger partial charge in [-0.25, -0.2) is 4.39 Å². The van der Waals surface area contributed by atoms with Gasteiger partial charge in [-0.3, -0.25) is 4.98 Å². The summed E-state index contributed by atoms with van der Waals surface area (Å²) in [5.41, 5.74) is 6.76. The van der Waals surface area contributed by atoms with E-state index in [0.717, 1.165) is 0 Å². The van der Waals surface area contributed by atoms with Crippen LogP contribution in [-0.2, 0) is 4.74 Å². The summed E-state index contributed by atoms with van der Waals surface area (Å²) in [6, 6.07) is 4.34. The summed E-state index contributed by atoms with van der Waals surface area (Å²) < 4.78 is 19.0. The molecule has 0 radical (unpaired) electrons. The molecule has 5 nitrogen and oxygen atoms in total. The predicted octanol–water partition coefficient (Wildman–Crippen LogP) is 1.38. The van der Waals surface area contributed by atoms with Crippen molar-refractivity contribution >= 4 is 22.3 Å². The smallest absolute Gasteiger partial charge is 0.150 e. The minimum Gasteiger partial charge on any atom is -0.398 e. The van der Waals surface area contributed by atoms with Crippen LogP contribution in [0.3, 0.4) is 0 Å². The number of fused-ring (bicyclic) bond motifs is 1. The van der Waals surface area contributed by atoms with E-state index in [9.17, 15) is 9.50 Å². The molecular formula is C13H16FN3O2. The minimum absolute atomic E-state index is 0.175. The molecule has 1 atom stereocenters. The van der Waals surface area contributed by atoms with Crippen molar-refractivity contribution in [1.82, 2.24) is 4.98 Å². The largest absolute Gasteiger partial charge is 0.398 e. The van der Waals surface area contributed by atoms with E-state index in [4.69, 9.17) is 10.5 Å². The fourth-order valence-electron chi connectivity index (χ4n) is 1.92. The molecule has 0 aliphatic rings. The van der Waals surface area contributed by atoms with E-state index in [2.05, 4.69) is 10.3 Å². The van der Waals surface area contributed by atoms with Crippen molar-refractivity contribution < 1.29 is 14.2 Å². The predicted molar refractivity (Wildman–Crippen MR) is 72.5 cm³/mol. The Morgan fingerprint density at radius 1 is 1.58 bits per heavy atom. The zero-order chi connectivity index (χ0) is 13.8. The fraction of sp³-hybridized carbons (Fsp3) is 0.308. The number of pyridine rings is 1. The van der Waals surface area contributed by atoms with Gasteiger partial charge in [-0.1, -0.05) is 0 Å². The average molecular weight is 265 g/mol. The van der Waals surface area contributed by atoms with Gasteiger partial charge < -0.3 is 20.9 Å². The van der Waals surface area contributed by atoms with Gasteiger partial charge in [0.15, 0.2) is 5.82 Å². The normalized spacial score (nSPS) is 12.6. The molecule has 102 valence electrons. The van der Waals surface area contributed by atoms with Crippen LogP contribution in [0.1, 0.15) is 0 Å². The monoisotopic (exact) mass is 265 g/mol. The van der Waals surface area contributed by atoms with Crippen LogP contribution in [0, 0.1) is 5.82 Å². The van der Waals surface area contributed by atoms with Gasteiger partial charge in [0.25, 0.3) is 0 Å². The molecule has 1 aromatic carbocycles. The Labute approximate surface area is 110 Å². The van der Waals surface area contributed by atoms with Crippen LogP contribution in [0.15, 0.2) is 24.4 Å². The van der Waals surface area contributed by atoms with Gasteiger partial charge >= 0.3 is 0 Å². The Kier molecular flexibility index (Phi) is 4.13. The number of nitrogen functional groups attached to an aromatic ring is 1. The molecule has 0 amide bonds. The number of nitrogens with one attached hydrogen (secondary N) is 1. The highest BCUT2D eigenvalue weighted by Crippen LogP contribution is 2.29. The summed E-state index contributed by atoms with van der Waals surface area (Å²) in [5.74, 6) is -0.502. The molecular weight excluding hydrogens is 249 g/mol. The second kappa shape index (κ2) is 5.81. The summed E-state index contributed by atoms with van der Waals surface area (Å²) in [4.78, 5) is 4.15. The SMILES string of the molecule is COCC(CO)Nc1c(F)cc(N)c2cccnc12. The number of hydrogen-bond donors (Lipinski definition) is 3. The molecule has 1 heterocycles. The fourth-order valence-corrected chi connectivity index (χ4v) is 1.92. The van der Waals surface area contributed by atoms with Crippen molar-refractivity contribution in [2.75, 3.05) is 31.4 Å². The van der Waals surface area contributed by atoms with Crippen LogP contribution in [-0.4, -0.2) is 36.5 Å². The maximum absolute atomic E-state index is 14.0. The van der Waals surface area contributed by atoms with E-state index in [0.29, 0.717) is 16.6 Å². The molecule has 4 N–H and O–H groups in total. The standard InChI is InChI=1S/C13H16FN3O2/c1-19-7-8(6-18)17-13-10(14)5-11(15)9-3-2-4-16-12(9)13/h2-5,8,17-18H,6-7,15H2,1H3. The van der Waals surface area contributed by atoms with Crippen LogP contribution < -0.4 is 11.1 Å². The zero-order valence-electron chi connectivity index (χ0n) is 10.6. The second-order valence-electron chi connectivity index (χ2n) is 4.20. The summed E-state index contributed by atoms with van der Waals surface area (Å²) in [6.45, 7) is 0.0840. The van der Waals surface area contributed by atoms with Gasteiger partial charge in [0.05, 0.1) is 30.5 Å². The van der Waals surface area contributed by atoms with Crippen LogP contribution in [0.25, 0.3) is 10.9 Å². The summed E-state index contributed by atoms with van der Waals surface area (Å²) >= 11 is 0. The average Bonchev–Trinajstić information content (AvgIpc) is 2.42. The first-order valence-electron chi connectivity index (χ1n) is 5.86. The Bertz CT molecular complexity index is 577. The highest BCUT2D eigenvalue weighted by atomic mass is 19.1. The van der Waals surface area contributed by atoms with Crippen LogP contribution >= 0.6 is 0 Å². The lowest BCUT2D eigenvalue weighted by Gasteiger charge is -2.18. The van der Waals surface area contributed by atoms with E-state index in [-0.39, 0.29) is 18.9 Å². The van der Waals surface area contributed by atoms with E-state index < -0.39 is 11.9 Å². The number of rotatable bonds is 5. The number of methoxy groups -OCH3 is 1. The van der Waals surface area contributed by atoms with Crippen LogP contribution in [0.4, 0.5) is 15.8 Å². The summed E-state index contributed by atoms with van der Waals surface area (Å²) in [5, 5.41) is 12.8. The first-order chi connectivity index (χ1) is 9.17. The number of aliphatic hydroxyl groups is 1. The maximum atomic E-state index is 14.0. The highest BCUT2D eigenvalue weighted by Gasteiger charge is 2.15. The number of ether oxygens (including phenoxy) is 1. The molecule has 2 aromatic rings. The number of aromatic nitrogens is 1. The van der Waals surface area contributed by atoms with Crippen molar-refractivity contribution in [2.24, 2.45) is 0 Å². The number of nitrogens with two attached hydrogens (primary N) is 1. The second-order valence-corrected chi connectivity index (χ2v) is 4.20. The quantitative estimate of drug-likeness (QED) is 0.712. The molecule has 2 rings (SSSR count). The molecule has 1 unspecified atom stereocenters. The topological polar surface area (TPSA) is 80.4 Å². The van der Waals surface area contributed by atoms with Gasteiger partial charge in [0.2, 0.25) is 0 Å². The Balaban J connectivity index is 2.47. The Morgan fingerprint density at radius 2 is 2.37 bits per heavy atom. The van der Waals surface area contributed by atoms with E-state index in [1.807, 2.05) is 0 Å². The number of halogens is 1. The first-order valence-corrected chi connectivity index (χ1v) is 5.86. The van der Waals surface area contributed by atoms with E-state index in [1.165, 1.54) is 13.2 Å². The number of benzene rings is 1. The van der Waals surface area contributed by atoms with Crippen molar-refractivity contribution in [3.05, 3.63) is 30.2 Å². The first kappa shape index (κ1) is 13.5. The van der Waals surface area contributed by atoms with Crippen molar-refractivity contribution in [1.29, 1.82) is 0 Å². The van der Waals surface area contributed by atoms with E-state index in [1.54, 1.807) is 18.3 Å². The highest BCUT2D eigenvalue weighted by molar-refractivity contribution is 5.98. The summed E-state index contributed by atoms with van der Waals surface area (Å²) in [7, 11) is 1.51. The molecule has 0 fully saturated rings. The third-order valence-electron chi connectivity index (χ3n) is 2.81. The molecule has 0 spiro atoms. The lowest BCUT2D eigenvalue weighted by atomic mass is 10.1. The Morgan fingerprint density at radius 3 is 3.05 bits per heavy atom. The molecule has 0 aliphatic carbocycles. The molecule has 6 heteroatoms. The van der Waals surface area contributed by atoms with Crippen LogP contribution in [0.5, 0.6) is 0 Å². The third kappa shape index (κ3) is 2.74. The van der Waals surface area contributed by atoms with Crippen LogP contribution in [0.2, 0.25) is 0 Å². The van der Waals surface area contributed by atoms with Gasteiger partial charge in [-0.05, 0) is 18.2 Å². The molecule has 0 saturated heterocycles. The molecule has 0 saturated carbocycles. The van der Waals surface area contributed by atoms with Gasteiger partial charge in [0, 0.05) is 24.4 Å². The van der Waals surface area contributed by atoms with E-state index >= 15 is 0 Å². The van der Waals surface area contributed by atoms with Gasteiger partial charge in [-0.15, -0.1) is 0 Å².